The molecule has 2 saturated heterocycles. The molecule has 1 aromatic heterocycles. The van der Waals surface area contributed by atoms with E-state index in [2.05, 4.69) is 0 Å². The number of ether oxygens (including phenoxy) is 2. The molecule has 3 atom stereocenters. The lowest BCUT2D eigenvalue weighted by molar-refractivity contribution is -0.133. The maximum absolute atomic E-state index is 14.1. The molecule has 6 rings (SSSR count). The Bertz CT molecular complexity index is 1620. The molecule has 3 amide bonds. The number of amides is 3. The normalized spacial score (nSPS) is 21.4. The van der Waals surface area contributed by atoms with Gasteiger partial charge in [0.25, 0.3) is 0 Å². The second kappa shape index (κ2) is 12.0. The standard InChI is InChI=1S/C31H31N3O7S2/c1-3-41-30(38)19-7-11-20(12-8-19)34-27(36)24-23(18-9-13-21(40-2)14-10-18)26-29(42-25(24)28(34)37)33(31(39)43-26)17-22(35)32-15-5-4-6-16-32/h7-14,23-25H,3-6,15-17H2,1-2H3/t23-,24-,25+/m0/s1. The first-order valence-corrected chi connectivity index (χ1v) is 16.0. The minimum absolute atomic E-state index is 0.106. The fraction of sp³-hybridized carbons (Fsp3) is 0.387. The summed E-state index contributed by atoms with van der Waals surface area (Å²) in [5.41, 5.74) is 1.44. The minimum atomic E-state index is -0.804. The van der Waals surface area contributed by atoms with Crippen LogP contribution in [0, 0.1) is 5.92 Å². The molecule has 0 spiro atoms. The number of hydrogen-bond donors (Lipinski definition) is 0. The number of esters is 1. The highest BCUT2D eigenvalue weighted by Gasteiger charge is 2.56. The van der Waals surface area contributed by atoms with E-state index < -0.39 is 29.0 Å². The van der Waals surface area contributed by atoms with Gasteiger partial charge < -0.3 is 14.4 Å². The van der Waals surface area contributed by atoms with E-state index in [4.69, 9.17) is 9.47 Å². The van der Waals surface area contributed by atoms with Crippen LogP contribution in [0.15, 0.2) is 58.4 Å². The van der Waals surface area contributed by atoms with Gasteiger partial charge in [0.1, 0.15) is 17.5 Å². The van der Waals surface area contributed by atoms with Crippen LogP contribution in [-0.4, -0.2) is 65.2 Å². The van der Waals surface area contributed by atoms with Crippen LogP contribution < -0.4 is 14.5 Å². The number of thiazole rings is 1. The van der Waals surface area contributed by atoms with Gasteiger partial charge in [-0.2, -0.15) is 0 Å². The monoisotopic (exact) mass is 621 g/mol. The SMILES string of the molecule is CCOC(=O)c1ccc(N2C(=O)[C@H]3[C@H](c4ccc(OC)cc4)c4sc(=O)n(CC(=O)N5CCCCC5)c4S[C@H]3C2=O)cc1. The molecule has 4 heterocycles. The Hall–Kier alpha value is -3.90. The summed E-state index contributed by atoms with van der Waals surface area (Å²) in [6.45, 7) is 3.18. The van der Waals surface area contributed by atoms with Crippen LogP contribution in [0.5, 0.6) is 5.75 Å². The van der Waals surface area contributed by atoms with E-state index in [9.17, 15) is 24.0 Å². The Morgan fingerprint density at radius 1 is 0.930 bits per heavy atom. The number of carbonyl (C=O) groups is 4. The third-order valence-electron chi connectivity index (χ3n) is 8.16. The molecule has 12 heteroatoms. The van der Waals surface area contributed by atoms with Crippen LogP contribution in [0.25, 0.3) is 0 Å². The van der Waals surface area contributed by atoms with Crippen molar-refractivity contribution >= 4 is 52.5 Å². The fourth-order valence-corrected chi connectivity index (χ4v) is 8.79. The van der Waals surface area contributed by atoms with E-state index in [-0.39, 0.29) is 29.8 Å². The quantitative estimate of drug-likeness (QED) is 0.288. The van der Waals surface area contributed by atoms with Gasteiger partial charge in [-0.05, 0) is 68.1 Å². The average molecular weight is 622 g/mol. The van der Waals surface area contributed by atoms with Gasteiger partial charge >= 0.3 is 10.8 Å². The Kier molecular flexibility index (Phi) is 8.15. The molecule has 0 bridgehead atoms. The fourth-order valence-electron chi connectivity index (χ4n) is 6.02. The molecule has 10 nitrogen and oxygen atoms in total. The van der Waals surface area contributed by atoms with Crippen molar-refractivity contribution < 1.29 is 28.7 Å². The summed E-state index contributed by atoms with van der Waals surface area (Å²) in [5.74, 6) is -2.10. The number of benzene rings is 2. The van der Waals surface area contributed by atoms with E-state index in [0.29, 0.717) is 40.0 Å². The number of thioether (sulfide) groups is 1. The summed E-state index contributed by atoms with van der Waals surface area (Å²) >= 11 is 2.21. The molecule has 0 unspecified atom stereocenters. The van der Waals surface area contributed by atoms with Crippen LogP contribution in [-0.2, 0) is 25.7 Å². The number of fused-ring (bicyclic) bond motifs is 2. The Balaban J connectivity index is 1.39. The van der Waals surface area contributed by atoms with Crippen molar-refractivity contribution in [3.05, 3.63) is 74.2 Å². The van der Waals surface area contributed by atoms with E-state index in [1.165, 1.54) is 33.4 Å². The molecule has 3 aliphatic rings. The van der Waals surface area contributed by atoms with E-state index in [1.54, 1.807) is 43.2 Å². The number of imide groups is 1. The predicted molar refractivity (Wildman–Crippen MR) is 162 cm³/mol. The molecule has 0 radical (unpaired) electrons. The lowest BCUT2D eigenvalue weighted by Gasteiger charge is -2.31. The number of piperidine rings is 1. The van der Waals surface area contributed by atoms with E-state index in [1.807, 2.05) is 12.1 Å². The summed E-state index contributed by atoms with van der Waals surface area (Å²) in [6.07, 6.45) is 2.96. The van der Waals surface area contributed by atoms with Crippen LogP contribution in [0.3, 0.4) is 0 Å². The van der Waals surface area contributed by atoms with E-state index >= 15 is 0 Å². The summed E-state index contributed by atoms with van der Waals surface area (Å²) in [7, 11) is 1.57. The zero-order valence-electron chi connectivity index (χ0n) is 23.8. The second-order valence-corrected chi connectivity index (χ2v) is 12.8. The highest BCUT2D eigenvalue weighted by atomic mass is 32.2. The van der Waals surface area contributed by atoms with E-state index in [0.717, 1.165) is 36.2 Å². The Labute approximate surface area is 256 Å². The van der Waals surface area contributed by atoms with Crippen molar-refractivity contribution in [1.29, 1.82) is 0 Å². The molecular weight excluding hydrogens is 590 g/mol. The number of rotatable bonds is 7. The molecule has 0 aliphatic carbocycles. The first kappa shape index (κ1) is 29.2. The summed E-state index contributed by atoms with van der Waals surface area (Å²) < 4.78 is 11.9. The van der Waals surface area contributed by atoms with Crippen molar-refractivity contribution in [3.8, 4) is 5.75 Å². The van der Waals surface area contributed by atoms with Gasteiger partial charge in [-0.3, -0.25) is 23.7 Å². The van der Waals surface area contributed by atoms with Crippen molar-refractivity contribution in [1.82, 2.24) is 9.47 Å². The molecule has 0 N–H and O–H groups in total. The molecule has 3 aliphatic heterocycles. The minimum Gasteiger partial charge on any atom is -0.497 e. The zero-order valence-corrected chi connectivity index (χ0v) is 25.4. The van der Waals surface area contributed by atoms with Crippen molar-refractivity contribution in [3.63, 3.8) is 0 Å². The van der Waals surface area contributed by atoms with Gasteiger partial charge in [0, 0.05) is 23.9 Å². The molecule has 0 saturated carbocycles. The molecule has 224 valence electrons. The highest BCUT2D eigenvalue weighted by molar-refractivity contribution is 8.00. The third-order valence-corrected chi connectivity index (χ3v) is 10.8. The number of aromatic nitrogens is 1. The van der Waals surface area contributed by atoms with Crippen LogP contribution in [0.1, 0.15) is 52.9 Å². The van der Waals surface area contributed by atoms with Crippen molar-refractivity contribution in [2.24, 2.45) is 5.92 Å². The first-order valence-electron chi connectivity index (χ1n) is 14.3. The van der Waals surface area contributed by atoms with Crippen LogP contribution in [0.2, 0.25) is 0 Å². The van der Waals surface area contributed by atoms with Crippen LogP contribution in [0.4, 0.5) is 5.69 Å². The molecule has 2 aromatic carbocycles. The number of nitrogens with zero attached hydrogens (tertiary/aromatic N) is 3. The van der Waals surface area contributed by atoms with Gasteiger partial charge in [-0.1, -0.05) is 35.2 Å². The molecule has 43 heavy (non-hydrogen) atoms. The van der Waals surface area contributed by atoms with Gasteiger partial charge in [0.05, 0.1) is 35.9 Å². The number of anilines is 1. The average Bonchev–Trinajstić information content (AvgIpc) is 3.47. The highest BCUT2D eigenvalue weighted by Crippen LogP contribution is 2.54. The largest absolute Gasteiger partial charge is 0.497 e. The number of methoxy groups -OCH3 is 1. The third kappa shape index (κ3) is 5.27. The number of hydrogen-bond acceptors (Lipinski definition) is 9. The summed E-state index contributed by atoms with van der Waals surface area (Å²) in [4.78, 5) is 70.1. The Morgan fingerprint density at radius 2 is 1.63 bits per heavy atom. The lowest BCUT2D eigenvalue weighted by Crippen LogP contribution is -2.39. The second-order valence-electron chi connectivity index (χ2n) is 10.7. The van der Waals surface area contributed by atoms with Crippen LogP contribution >= 0.6 is 23.1 Å². The maximum Gasteiger partial charge on any atom is 0.338 e. The van der Waals surface area contributed by atoms with Crippen molar-refractivity contribution in [2.45, 2.75) is 48.9 Å². The van der Waals surface area contributed by atoms with Gasteiger partial charge in [-0.15, -0.1) is 0 Å². The first-order chi connectivity index (χ1) is 20.8. The van der Waals surface area contributed by atoms with Gasteiger partial charge in [0.15, 0.2) is 0 Å². The predicted octanol–water partition coefficient (Wildman–Crippen LogP) is 3.90. The number of carbonyl (C=O) groups excluding carboxylic acids is 4. The van der Waals surface area contributed by atoms with Crippen molar-refractivity contribution in [2.75, 3.05) is 31.7 Å². The van der Waals surface area contributed by atoms with Gasteiger partial charge in [0.2, 0.25) is 17.7 Å². The summed E-state index contributed by atoms with van der Waals surface area (Å²) in [5, 5.41) is -0.245. The molecule has 3 aromatic rings. The summed E-state index contributed by atoms with van der Waals surface area (Å²) in [6, 6.07) is 13.5. The topological polar surface area (TPSA) is 115 Å². The van der Waals surface area contributed by atoms with Gasteiger partial charge in [-0.25, -0.2) is 9.69 Å². The molecular formula is C31H31N3O7S2. The zero-order chi connectivity index (χ0) is 30.2. The Morgan fingerprint density at radius 3 is 2.28 bits per heavy atom. The molecule has 2 fully saturated rings. The maximum atomic E-state index is 14.1. The smallest absolute Gasteiger partial charge is 0.338 e. The lowest BCUT2D eigenvalue weighted by atomic mass is 9.83. The number of likely N-dealkylation sites (tertiary alicyclic amines) is 1.